The number of aliphatic hydroxyl groups is 1. The molecule has 0 fully saturated rings. The lowest BCUT2D eigenvalue weighted by Gasteiger charge is -2.13. The van der Waals surface area contributed by atoms with E-state index in [0.717, 1.165) is 9.75 Å². The molecule has 1 amide bonds. The topological polar surface area (TPSA) is 58.6 Å². The number of carbonyl (C=O) groups is 1. The number of hydrogen-bond acceptors (Lipinski definition) is 4. The Morgan fingerprint density at radius 2 is 1.96 bits per heavy atom. The fourth-order valence-corrected chi connectivity index (χ4v) is 3.05. The van der Waals surface area contributed by atoms with Crippen LogP contribution in [0.3, 0.4) is 0 Å². The fourth-order valence-electron chi connectivity index (χ4n) is 2.13. The van der Waals surface area contributed by atoms with Crippen molar-refractivity contribution in [2.45, 2.75) is 26.6 Å². The van der Waals surface area contributed by atoms with Crippen LogP contribution in [0.4, 0.5) is 8.78 Å². The van der Waals surface area contributed by atoms with Crippen molar-refractivity contribution in [3.05, 3.63) is 51.2 Å². The van der Waals surface area contributed by atoms with Crippen LogP contribution in [-0.2, 0) is 0 Å². The van der Waals surface area contributed by atoms with Crippen molar-refractivity contribution >= 4 is 17.2 Å². The lowest BCUT2D eigenvalue weighted by Crippen LogP contribution is -2.28. The van der Waals surface area contributed by atoms with Gasteiger partial charge in [-0.05, 0) is 37.6 Å². The molecule has 2 aromatic rings. The summed E-state index contributed by atoms with van der Waals surface area (Å²) in [5.74, 6) is -0.229. The number of nitrogens with one attached hydrogen (secondary N) is 1. The van der Waals surface area contributed by atoms with Crippen molar-refractivity contribution in [1.82, 2.24) is 5.32 Å². The van der Waals surface area contributed by atoms with Crippen LogP contribution < -0.4 is 10.1 Å². The van der Waals surface area contributed by atoms with E-state index in [1.807, 2.05) is 13.8 Å². The van der Waals surface area contributed by atoms with Crippen LogP contribution in [0.1, 0.15) is 31.8 Å². The first-order valence-corrected chi connectivity index (χ1v) is 7.76. The second-order valence-electron chi connectivity index (χ2n) is 5.00. The molecule has 1 aromatic carbocycles. The zero-order chi connectivity index (χ0) is 17.0. The summed E-state index contributed by atoms with van der Waals surface area (Å²) >= 11 is 1.54. The van der Waals surface area contributed by atoms with Crippen molar-refractivity contribution in [3.63, 3.8) is 0 Å². The zero-order valence-electron chi connectivity index (χ0n) is 12.7. The summed E-state index contributed by atoms with van der Waals surface area (Å²) in [6, 6.07) is 7.46. The molecule has 0 aliphatic rings. The van der Waals surface area contributed by atoms with E-state index in [-0.39, 0.29) is 18.2 Å². The molecule has 23 heavy (non-hydrogen) atoms. The predicted octanol–water partition coefficient (Wildman–Crippen LogP) is 3.43. The Morgan fingerprint density at radius 3 is 2.48 bits per heavy atom. The molecule has 1 aromatic heterocycles. The van der Waals surface area contributed by atoms with E-state index >= 15 is 0 Å². The molecule has 2 rings (SSSR count). The first kappa shape index (κ1) is 17.4. The largest absolute Gasteiger partial charge is 0.435 e. The van der Waals surface area contributed by atoms with E-state index < -0.39 is 12.7 Å². The van der Waals surface area contributed by atoms with Gasteiger partial charge < -0.3 is 15.2 Å². The van der Waals surface area contributed by atoms with Crippen molar-refractivity contribution in [1.29, 1.82) is 0 Å². The molecule has 0 saturated heterocycles. The SMILES string of the molecule is Cc1cc(C(=O)NC[C@@H](O)c2ccc(OC(F)F)cc2)c(C)s1. The van der Waals surface area contributed by atoms with E-state index in [4.69, 9.17) is 0 Å². The van der Waals surface area contributed by atoms with E-state index in [1.165, 1.54) is 35.6 Å². The van der Waals surface area contributed by atoms with Crippen molar-refractivity contribution in [2.24, 2.45) is 0 Å². The molecule has 2 N–H and O–H groups in total. The van der Waals surface area contributed by atoms with Gasteiger partial charge in [0.25, 0.3) is 5.91 Å². The molecule has 0 spiro atoms. The maximum absolute atomic E-state index is 12.1. The minimum Gasteiger partial charge on any atom is -0.435 e. The van der Waals surface area contributed by atoms with Crippen molar-refractivity contribution in [2.75, 3.05) is 6.54 Å². The monoisotopic (exact) mass is 341 g/mol. The number of amides is 1. The Labute approximate surface area is 136 Å². The van der Waals surface area contributed by atoms with Gasteiger partial charge in [0.1, 0.15) is 5.75 Å². The average molecular weight is 341 g/mol. The Balaban J connectivity index is 1.92. The summed E-state index contributed by atoms with van der Waals surface area (Å²) in [7, 11) is 0. The Bertz CT molecular complexity index is 670. The van der Waals surface area contributed by atoms with E-state index in [0.29, 0.717) is 11.1 Å². The van der Waals surface area contributed by atoms with E-state index in [2.05, 4.69) is 10.1 Å². The second-order valence-corrected chi connectivity index (χ2v) is 6.46. The quantitative estimate of drug-likeness (QED) is 0.846. The third-order valence-electron chi connectivity index (χ3n) is 3.23. The van der Waals surface area contributed by atoms with Gasteiger partial charge in [-0.25, -0.2) is 0 Å². The molecule has 0 aliphatic heterocycles. The van der Waals surface area contributed by atoms with Gasteiger partial charge in [0.15, 0.2) is 0 Å². The minimum absolute atomic E-state index is 0.0179. The first-order chi connectivity index (χ1) is 10.9. The van der Waals surface area contributed by atoms with Crippen LogP contribution in [0.25, 0.3) is 0 Å². The molecule has 0 bridgehead atoms. The number of ether oxygens (including phenoxy) is 1. The molecule has 0 saturated carbocycles. The van der Waals surface area contributed by atoms with Crippen LogP contribution in [0, 0.1) is 13.8 Å². The highest BCUT2D eigenvalue weighted by atomic mass is 32.1. The predicted molar refractivity (Wildman–Crippen MR) is 84.2 cm³/mol. The number of aryl methyl sites for hydroxylation is 2. The molecular formula is C16H17F2NO3S. The number of aliphatic hydroxyl groups excluding tert-OH is 1. The summed E-state index contributed by atoms with van der Waals surface area (Å²) in [5, 5.41) is 12.7. The van der Waals surface area contributed by atoms with E-state index in [9.17, 15) is 18.7 Å². The van der Waals surface area contributed by atoms with Gasteiger partial charge in [-0.3, -0.25) is 4.79 Å². The zero-order valence-corrected chi connectivity index (χ0v) is 13.5. The van der Waals surface area contributed by atoms with Crippen LogP contribution in [-0.4, -0.2) is 24.2 Å². The lowest BCUT2D eigenvalue weighted by molar-refractivity contribution is -0.0498. The van der Waals surface area contributed by atoms with Crippen LogP contribution in [0.2, 0.25) is 0 Å². The average Bonchev–Trinajstić information content (AvgIpc) is 2.83. The standard InChI is InChI=1S/C16H17F2NO3S/c1-9-7-13(10(2)23-9)15(21)19-8-14(20)11-3-5-12(6-4-11)22-16(17)18/h3-7,14,16,20H,8H2,1-2H3,(H,19,21)/t14-/m1/s1. The molecule has 124 valence electrons. The van der Waals surface area contributed by atoms with Crippen LogP contribution in [0.15, 0.2) is 30.3 Å². The highest BCUT2D eigenvalue weighted by Gasteiger charge is 2.14. The molecule has 4 nitrogen and oxygen atoms in total. The Kier molecular flexibility index (Phi) is 5.68. The smallest absolute Gasteiger partial charge is 0.387 e. The molecule has 1 heterocycles. The van der Waals surface area contributed by atoms with Crippen molar-refractivity contribution < 1.29 is 23.4 Å². The minimum atomic E-state index is -2.89. The maximum Gasteiger partial charge on any atom is 0.387 e. The van der Waals surface area contributed by atoms with Gasteiger partial charge in [0, 0.05) is 16.3 Å². The molecular weight excluding hydrogens is 324 g/mol. The second kappa shape index (κ2) is 7.52. The van der Waals surface area contributed by atoms with E-state index in [1.54, 1.807) is 6.07 Å². The van der Waals surface area contributed by atoms with Gasteiger partial charge >= 0.3 is 6.61 Å². The highest BCUT2D eigenvalue weighted by molar-refractivity contribution is 7.12. The summed E-state index contributed by atoms with van der Waals surface area (Å²) in [6.45, 7) is 0.932. The Morgan fingerprint density at radius 1 is 1.30 bits per heavy atom. The summed E-state index contributed by atoms with van der Waals surface area (Å²) in [6.07, 6.45) is -0.931. The molecule has 0 aliphatic carbocycles. The number of carbonyl (C=O) groups excluding carboxylic acids is 1. The highest BCUT2D eigenvalue weighted by Crippen LogP contribution is 2.21. The maximum atomic E-state index is 12.1. The summed E-state index contributed by atoms with van der Waals surface area (Å²) < 4.78 is 28.4. The normalized spacial score (nSPS) is 12.3. The summed E-state index contributed by atoms with van der Waals surface area (Å²) in [5.41, 5.74) is 1.10. The van der Waals surface area contributed by atoms with Crippen LogP contribution in [0.5, 0.6) is 5.75 Å². The summed E-state index contributed by atoms with van der Waals surface area (Å²) in [4.78, 5) is 14.0. The molecule has 7 heteroatoms. The number of hydrogen-bond donors (Lipinski definition) is 2. The number of alkyl halides is 2. The first-order valence-electron chi connectivity index (χ1n) is 6.95. The number of halogens is 2. The fraction of sp³-hybridized carbons (Fsp3) is 0.312. The van der Waals surface area contributed by atoms with Gasteiger partial charge in [0.05, 0.1) is 11.7 Å². The molecule has 0 radical (unpaired) electrons. The van der Waals surface area contributed by atoms with Gasteiger partial charge in [-0.1, -0.05) is 12.1 Å². The molecule has 1 atom stereocenters. The van der Waals surface area contributed by atoms with Gasteiger partial charge in [0.2, 0.25) is 0 Å². The Hall–Kier alpha value is -1.99. The molecule has 0 unspecified atom stereocenters. The van der Waals surface area contributed by atoms with Crippen LogP contribution >= 0.6 is 11.3 Å². The lowest BCUT2D eigenvalue weighted by atomic mass is 10.1. The van der Waals surface area contributed by atoms with Gasteiger partial charge in [-0.2, -0.15) is 8.78 Å². The number of benzene rings is 1. The number of rotatable bonds is 6. The third kappa shape index (κ3) is 4.74. The van der Waals surface area contributed by atoms with Gasteiger partial charge in [-0.15, -0.1) is 11.3 Å². The number of thiophene rings is 1. The van der Waals surface area contributed by atoms with Crippen molar-refractivity contribution in [3.8, 4) is 5.75 Å². The third-order valence-corrected chi connectivity index (χ3v) is 4.20.